The number of carbonyl (C=O) groups is 1. The smallest absolute Gasteiger partial charge is 0.340 e. The Morgan fingerprint density at radius 1 is 1.15 bits per heavy atom. The summed E-state index contributed by atoms with van der Waals surface area (Å²) >= 11 is 10.0. The molecule has 9 heteroatoms. The Bertz CT molecular complexity index is 1330. The van der Waals surface area contributed by atoms with E-state index in [-0.39, 0.29) is 17.4 Å². The molecule has 1 N–H and O–H groups in total. The van der Waals surface area contributed by atoms with Gasteiger partial charge in [0.25, 0.3) is 0 Å². The van der Waals surface area contributed by atoms with Crippen LogP contribution in [0.5, 0.6) is 17.2 Å². The molecule has 0 radical (unpaired) electrons. The third-order valence-electron chi connectivity index (χ3n) is 5.99. The van der Waals surface area contributed by atoms with Crippen LogP contribution in [0.4, 0.5) is 0 Å². The number of fused-ring (bicyclic) bond motifs is 3. The normalized spacial score (nSPS) is 18.5. The predicted octanol–water partition coefficient (Wildman–Crippen LogP) is 6.06. The van der Waals surface area contributed by atoms with Gasteiger partial charge < -0.3 is 19.3 Å². The topological polar surface area (TPSA) is 80.6 Å². The number of hydrazone groups is 1. The first-order chi connectivity index (χ1) is 16.4. The number of ether oxygens (including phenoxy) is 3. The molecule has 0 bridgehead atoms. The van der Waals surface area contributed by atoms with Gasteiger partial charge in [0.15, 0.2) is 11.5 Å². The first kappa shape index (κ1) is 22.6. The van der Waals surface area contributed by atoms with E-state index in [0.29, 0.717) is 28.5 Å². The molecule has 0 spiro atoms. The number of aromatic carboxylic acids is 1. The molecule has 2 heterocycles. The third kappa shape index (κ3) is 3.67. The van der Waals surface area contributed by atoms with Gasteiger partial charge in [0.05, 0.1) is 26.0 Å². The summed E-state index contributed by atoms with van der Waals surface area (Å²) in [5.74, 6) is -0.0380. The number of nitrogens with zero attached hydrogens (tertiary/aromatic N) is 2. The van der Waals surface area contributed by atoms with Crippen LogP contribution >= 0.6 is 27.5 Å². The van der Waals surface area contributed by atoms with Gasteiger partial charge in [-0.25, -0.2) is 9.80 Å². The molecule has 0 aliphatic carbocycles. The van der Waals surface area contributed by atoms with Gasteiger partial charge >= 0.3 is 5.97 Å². The van der Waals surface area contributed by atoms with Gasteiger partial charge in [-0.15, -0.1) is 0 Å². The number of carboxylic acids is 1. The van der Waals surface area contributed by atoms with Crippen LogP contribution in [0, 0.1) is 0 Å². The maximum Gasteiger partial charge on any atom is 0.340 e. The van der Waals surface area contributed by atoms with Crippen molar-refractivity contribution in [2.24, 2.45) is 5.10 Å². The van der Waals surface area contributed by atoms with Crippen LogP contribution in [-0.2, 0) is 0 Å². The number of rotatable bonds is 5. The van der Waals surface area contributed by atoms with E-state index in [1.54, 1.807) is 17.1 Å². The van der Waals surface area contributed by atoms with E-state index in [1.165, 1.54) is 14.2 Å². The minimum absolute atomic E-state index is 0.0347. The van der Waals surface area contributed by atoms with Crippen LogP contribution in [0.15, 0.2) is 64.2 Å². The Labute approximate surface area is 209 Å². The van der Waals surface area contributed by atoms with Gasteiger partial charge in [0.1, 0.15) is 11.3 Å². The second-order valence-corrected chi connectivity index (χ2v) is 9.17. The maximum atomic E-state index is 12.4. The van der Waals surface area contributed by atoms with Crippen molar-refractivity contribution in [2.75, 3.05) is 14.2 Å². The molecule has 0 amide bonds. The van der Waals surface area contributed by atoms with Gasteiger partial charge in [-0.2, -0.15) is 5.10 Å². The second kappa shape index (κ2) is 8.85. The summed E-state index contributed by atoms with van der Waals surface area (Å²) in [5.41, 5.74) is 2.96. The summed E-state index contributed by atoms with van der Waals surface area (Å²) in [7, 11) is 2.87. The molecule has 3 aromatic rings. The van der Waals surface area contributed by atoms with Crippen molar-refractivity contribution in [3.8, 4) is 17.2 Å². The van der Waals surface area contributed by atoms with Crippen molar-refractivity contribution in [3.63, 3.8) is 0 Å². The number of hydrogen-bond donors (Lipinski definition) is 1. The highest BCUT2D eigenvalue weighted by atomic mass is 79.9. The lowest BCUT2D eigenvalue weighted by Gasteiger charge is -2.38. The minimum atomic E-state index is -1.15. The molecule has 2 aliphatic rings. The number of methoxy groups -OCH3 is 2. The summed E-state index contributed by atoms with van der Waals surface area (Å²) in [5, 5.41) is 17.4. The first-order valence-electron chi connectivity index (χ1n) is 10.5. The van der Waals surface area contributed by atoms with E-state index in [4.69, 9.17) is 30.9 Å². The molecule has 0 saturated heterocycles. The molecule has 3 aromatic carbocycles. The van der Waals surface area contributed by atoms with Crippen molar-refractivity contribution in [1.29, 1.82) is 0 Å². The van der Waals surface area contributed by atoms with Crippen molar-refractivity contribution < 1.29 is 24.1 Å². The zero-order valence-electron chi connectivity index (χ0n) is 18.3. The second-order valence-electron chi connectivity index (χ2n) is 7.85. The Morgan fingerprint density at radius 2 is 1.94 bits per heavy atom. The summed E-state index contributed by atoms with van der Waals surface area (Å²) < 4.78 is 18.0. The number of halogens is 2. The van der Waals surface area contributed by atoms with E-state index < -0.39 is 12.2 Å². The molecule has 34 heavy (non-hydrogen) atoms. The molecule has 0 unspecified atom stereocenters. The summed E-state index contributed by atoms with van der Waals surface area (Å²) in [6.45, 7) is 0. The monoisotopic (exact) mass is 542 g/mol. The van der Waals surface area contributed by atoms with Crippen LogP contribution in [0.25, 0.3) is 0 Å². The molecule has 7 nitrogen and oxygen atoms in total. The van der Waals surface area contributed by atoms with Gasteiger partial charge in [-0.05, 0) is 36.4 Å². The Balaban J connectivity index is 1.70. The molecule has 0 fully saturated rings. The molecule has 2 aliphatic heterocycles. The number of hydrogen-bond acceptors (Lipinski definition) is 6. The number of carboxylic acid groups (broad SMARTS) is 1. The van der Waals surface area contributed by atoms with E-state index >= 15 is 0 Å². The predicted molar refractivity (Wildman–Crippen MR) is 131 cm³/mol. The molecule has 174 valence electrons. The molecular weight excluding hydrogens is 524 g/mol. The summed E-state index contributed by atoms with van der Waals surface area (Å²) in [6, 6.07) is 16.5. The Kier molecular flexibility index (Phi) is 5.87. The molecule has 0 saturated carbocycles. The lowest BCUT2D eigenvalue weighted by atomic mass is 9.95. The van der Waals surface area contributed by atoms with Gasteiger partial charge in [0, 0.05) is 32.6 Å². The molecule has 0 aromatic heterocycles. The van der Waals surface area contributed by atoms with Crippen molar-refractivity contribution in [2.45, 2.75) is 18.7 Å². The van der Waals surface area contributed by atoms with Gasteiger partial charge in [-0.1, -0.05) is 45.7 Å². The third-order valence-corrected chi connectivity index (χ3v) is 6.82. The average molecular weight is 544 g/mol. The van der Waals surface area contributed by atoms with E-state index in [2.05, 4.69) is 15.9 Å². The minimum Gasteiger partial charge on any atom is -0.493 e. The fraction of sp³-hybridized carbons (Fsp3) is 0.200. The lowest BCUT2D eigenvalue weighted by molar-refractivity contribution is -0.0199. The summed E-state index contributed by atoms with van der Waals surface area (Å²) in [6.07, 6.45) is -0.215. The molecule has 5 rings (SSSR count). The largest absolute Gasteiger partial charge is 0.493 e. The Morgan fingerprint density at radius 3 is 2.65 bits per heavy atom. The van der Waals surface area contributed by atoms with Crippen molar-refractivity contribution in [3.05, 3.63) is 86.3 Å². The highest BCUT2D eigenvalue weighted by molar-refractivity contribution is 9.10. The van der Waals surface area contributed by atoms with Crippen molar-refractivity contribution in [1.82, 2.24) is 5.01 Å². The van der Waals surface area contributed by atoms with Crippen LogP contribution in [0.1, 0.15) is 45.7 Å². The van der Waals surface area contributed by atoms with E-state index in [1.807, 2.05) is 42.5 Å². The fourth-order valence-electron chi connectivity index (χ4n) is 4.49. The highest BCUT2D eigenvalue weighted by Crippen LogP contribution is 2.50. The fourth-order valence-corrected chi connectivity index (χ4v) is 5.11. The lowest BCUT2D eigenvalue weighted by Crippen LogP contribution is -2.34. The van der Waals surface area contributed by atoms with Crippen LogP contribution in [0.2, 0.25) is 5.02 Å². The molecule has 2 atom stereocenters. The SMILES string of the molecule is COc1ccc([C@@H]2Oc3ccc(Br)cc3[C@@H]3CC(c4ccccc4Cl)=NN32)c(C(=O)O)c1OC. The van der Waals surface area contributed by atoms with E-state index in [0.717, 1.165) is 21.3 Å². The van der Waals surface area contributed by atoms with Gasteiger partial charge in [0.2, 0.25) is 6.23 Å². The van der Waals surface area contributed by atoms with E-state index in [9.17, 15) is 9.90 Å². The van der Waals surface area contributed by atoms with Gasteiger partial charge in [-0.3, -0.25) is 0 Å². The van der Waals surface area contributed by atoms with Crippen LogP contribution in [-0.4, -0.2) is 36.0 Å². The zero-order valence-corrected chi connectivity index (χ0v) is 20.6. The van der Waals surface area contributed by atoms with Crippen LogP contribution in [0.3, 0.4) is 0 Å². The first-order valence-corrected chi connectivity index (χ1v) is 11.6. The average Bonchev–Trinajstić information content (AvgIpc) is 3.28. The highest BCUT2D eigenvalue weighted by Gasteiger charge is 2.43. The van der Waals surface area contributed by atoms with Crippen LogP contribution < -0.4 is 14.2 Å². The Hall–Kier alpha value is -3.23. The number of benzene rings is 3. The summed E-state index contributed by atoms with van der Waals surface area (Å²) in [4.78, 5) is 12.4. The standard InChI is InChI=1S/C25H20BrClN2O5/c1-32-21-10-8-15(22(25(30)31)23(21)33-2)24-29-19(16-11-13(26)7-9-20(16)34-24)12-18(28-29)14-5-3-4-6-17(14)27/h3-11,19,24H,12H2,1-2H3,(H,30,31)/t19-,24-/m0/s1. The quantitative estimate of drug-likeness (QED) is 0.421. The molecular formula is C25H20BrClN2O5. The zero-order chi connectivity index (χ0) is 24.0. The van der Waals surface area contributed by atoms with Crippen molar-refractivity contribution >= 4 is 39.2 Å². The maximum absolute atomic E-state index is 12.4.